The van der Waals surface area contributed by atoms with Crippen molar-refractivity contribution in [3.8, 4) is 0 Å². The minimum atomic E-state index is -4.57. The molecule has 0 aliphatic heterocycles. The van der Waals surface area contributed by atoms with Gasteiger partial charge >= 0.3 is 6.18 Å². The largest absolute Gasteiger partial charge is 0.416 e. The first kappa shape index (κ1) is 21.2. The highest BCUT2D eigenvalue weighted by Gasteiger charge is 2.33. The lowest BCUT2D eigenvalue weighted by Gasteiger charge is -2.15. The zero-order valence-electron chi connectivity index (χ0n) is 12.3. The summed E-state index contributed by atoms with van der Waals surface area (Å²) in [7, 11) is -3.82. The van der Waals surface area contributed by atoms with E-state index in [1.165, 1.54) is 18.2 Å². The van der Waals surface area contributed by atoms with Crippen molar-refractivity contribution >= 4 is 22.4 Å². The Morgan fingerprint density at radius 2 is 1.82 bits per heavy atom. The molecule has 1 aromatic carbocycles. The first-order chi connectivity index (χ1) is 9.65. The van der Waals surface area contributed by atoms with Gasteiger partial charge in [0.25, 0.3) is 0 Å². The van der Waals surface area contributed by atoms with Crippen molar-refractivity contribution in [1.82, 2.24) is 10.0 Å². The van der Waals surface area contributed by atoms with Crippen molar-refractivity contribution in [2.24, 2.45) is 0 Å². The normalized spacial score (nSPS) is 13.5. The predicted octanol–water partition coefficient (Wildman–Crippen LogP) is 2.54. The van der Waals surface area contributed by atoms with Gasteiger partial charge < -0.3 is 5.32 Å². The maximum Gasteiger partial charge on any atom is 0.416 e. The van der Waals surface area contributed by atoms with Crippen LogP contribution in [0.4, 0.5) is 13.2 Å². The predicted molar refractivity (Wildman–Crippen MR) is 82.5 cm³/mol. The summed E-state index contributed by atoms with van der Waals surface area (Å²) in [5.74, 6) is -0.693. The minimum absolute atomic E-state index is 0. The molecule has 0 spiro atoms. The van der Waals surface area contributed by atoms with Gasteiger partial charge in [0.1, 0.15) is 0 Å². The monoisotopic (exact) mass is 360 g/mol. The third-order valence-electron chi connectivity index (χ3n) is 2.83. The average molecular weight is 361 g/mol. The Hall–Kier alpha value is -0.830. The van der Waals surface area contributed by atoms with Gasteiger partial charge in [-0.25, -0.2) is 13.1 Å². The summed E-state index contributed by atoms with van der Waals surface area (Å²) in [6, 6.07) is 4.59. The fourth-order valence-electron chi connectivity index (χ4n) is 1.85. The van der Waals surface area contributed by atoms with Crippen LogP contribution < -0.4 is 10.0 Å². The summed E-state index contributed by atoms with van der Waals surface area (Å²) in [5.41, 5.74) is -1.18. The molecule has 1 rings (SSSR count). The molecular weight excluding hydrogens is 341 g/mol. The summed E-state index contributed by atoms with van der Waals surface area (Å²) in [4.78, 5) is 0. The second-order valence-corrected chi connectivity index (χ2v) is 6.53. The number of likely N-dealkylation sites (N-methyl/N-ethyl adjacent to an activating group) is 1. The summed E-state index contributed by atoms with van der Waals surface area (Å²) >= 11 is 0. The van der Waals surface area contributed by atoms with E-state index in [-0.39, 0.29) is 30.6 Å². The van der Waals surface area contributed by atoms with E-state index < -0.39 is 27.5 Å². The third kappa shape index (κ3) is 6.95. The molecule has 0 heterocycles. The summed E-state index contributed by atoms with van der Waals surface area (Å²) in [6.07, 6.45) is -4.57. The second-order valence-electron chi connectivity index (χ2n) is 4.72. The zero-order valence-corrected chi connectivity index (χ0v) is 13.9. The van der Waals surface area contributed by atoms with Gasteiger partial charge in [0.15, 0.2) is 0 Å². The standard InChI is InChI=1S/C13H19F3N2O2S.ClH/c1-3-17-10(2)8-18-21(19,20)9-11-6-4-5-7-12(11)13(14,15)16;/h4-7,10,17-18H,3,8-9H2,1-2H3;1H/t10-;/m1./s1. The molecule has 128 valence electrons. The van der Waals surface area contributed by atoms with Gasteiger partial charge in [-0.3, -0.25) is 0 Å². The molecule has 1 atom stereocenters. The van der Waals surface area contributed by atoms with Crippen LogP contribution in [-0.4, -0.2) is 27.5 Å². The van der Waals surface area contributed by atoms with Crippen LogP contribution in [0, 0.1) is 0 Å². The Kier molecular flexibility index (Phi) is 8.38. The number of hydrogen-bond acceptors (Lipinski definition) is 3. The van der Waals surface area contributed by atoms with Crippen molar-refractivity contribution < 1.29 is 21.6 Å². The molecule has 0 unspecified atom stereocenters. The highest BCUT2D eigenvalue weighted by Crippen LogP contribution is 2.32. The summed E-state index contributed by atoms with van der Waals surface area (Å²) in [5, 5.41) is 3.01. The van der Waals surface area contributed by atoms with Gasteiger partial charge in [0.05, 0.1) is 11.3 Å². The smallest absolute Gasteiger partial charge is 0.313 e. The van der Waals surface area contributed by atoms with Gasteiger partial charge in [0, 0.05) is 12.6 Å². The number of benzene rings is 1. The van der Waals surface area contributed by atoms with Crippen LogP contribution in [0.2, 0.25) is 0 Å². The number of sulfonamides is 1. The van der Waals surface area contributed by atoms with E-state index in [4.69, 9.17) is 0 Å². The molecule has 22 heavy (non-hydrogen) atoms. The maximum atomic E-state index is 12.8. The van der Waals surface area contributed by atoms with Crippen LogP contribution in [0.15, 0.2) is 24.3 Å². The summed E-state index contributed by atoms with van der Waals surface area (Å²) in [6.45, 7) is 4.48. The van der Waals surface area contributed by atoms with E-state index in [1.807, 2.05) is 6.92 Å². The molecule has 0 amide bonds. The van der Waals surface area contributed by atoms with Crippen LogP contribution in [0.5, 0.6) is 0 Å². The number of rotatable bonds is 7. The zero-order chi connectivity index (χ0) is 16.1. The van der Waals surface area contributed by atoms with Gasteiger partial charge in [-0.1, -0.05) is 25.1 Å². The van der Waals surface area contributed by atoms with E-state index in [0.717, 1.165) is 6.07 Å². The fraction of sp³-hybridized carbons (Fsp3) is 0.538. The lowest BCUT2D eigenvalue weighted by atomic mass is 10.1. The lowest BCUT2D eigenvalue weighted by molar-refractivity contribution is -0.138. The molecule has 0 aliphatic carbocycles. The Bertz CT molecular complexity index is 565. The van der Waals surface area contributed by atoms with Crippen LogP contribution >= 0.6 is 12.4 Å². The molecular formula is C13H20ClF3N2O2S. The molecule has 0 aliphatic rings. The van der Waals surface area contributed by atoms with Crippen LogP contribution in [-0.2, 0) is 22.0 Å². The Morgan fingerprint density at radius 3 is 2.36 bits per heavy atom. The van der Waals surface area contributed by atoms with E-state index in [1.54, 1.807) is 6.92 Å². The molecule has 1 aromatic rings. The van der Waals surface area contributed by atoms with Crippen LogP contribution in [0.3, 0.4) is 0 Å². The molecule has 0 saturated heterocycles. The number of nitrogens with one attached hydrogen (secondary N) is 2. The van der Waals surface area contributed by atoms with Crippen molar-refractivity contribution in [3.05, 3.63) is 35.4 Å². The average Bonchev–Trinajstić information content (AvgIpc) is 2.36. The molecule has 0 bridgehead atoms. The Morgan fingerprint density at radius 1 is 1.23 bits per heavy atom. The first-order valence-electron chi connectivity index (χ1n) is 6.51. The van der Waals surface area contributed by atoms with Gasteiger partial charge in [-0.05, 0) is 25.1 Å². The number of alkyl halides is 3. The maximum absolute atomic E-state index is 12.8. The third-order valence-corrected chi connectivity index (χ3v) is 4.13. The quantitative estimate of drug-likeness (QED) is 0.785. The van der Waals surface area contributed by atoms with Crippen molar-refractivity contribution in [3.63, 3.8) is 0 Å². The van der Waals surface area contributed by atoms with Crippen LogP contribution in [0.25, 0.3) is 0 Å². The molecule has 0 saturated carbocycles. The Labute approximate surface area is 134 Å². The van der Waals surface area contributed by atoms with Crippen molar-refractivity contribution in [2.75, 3.05) is 13.1 Å². The molecule has 9 heteroatoms. The number of hydrogen-bond donors (Lipinski definition) is 2. The molecule has 0 fully saturated rings. The Balaban J connectivity index is 0.00000441. The first-order valence-corrected chi connectivity index (χ1v) is 8.16. The SMILES string of the molecule is CCN[C@H](C)CNS(=O)(=O)Cc1ccccc1C(F)(F)F.Cl. The molecule has 4 nitrogen and oxygen atoms in total. The topological polar surface area (TPSA) is 58.2 Å². The van der Waals surface area contributed by atoms with E-state index in [0.29, 0.717) is 6.54 Å². The van der Waals surface area contributed by atoms with Gasteiger partial charge in [0.2, 0.25) is 10.0 Å². The second kappa shape index (κ2) is 8.71. The van der Waals surface area contributed by atoms with Gasteiger partial charge in [-0.2, -0.15) is 13.2 Å². The van der Waals surface area contributed by atoms with E-state index in [9.17, 15) is 21.6 Å². The van der Waals surface area contributed by atoms with E-state index >= 15 is 0 Å². The van der Waals surface area contributed by atoms with Gasteiger partial charge in [-0.15, -0.1) is 12.4 Å². The molecule has 0 aromatic heterocycles. The summed E-state index contributed by atoms with van der Waals surface area (Å²) < 4.78 is 64.5. The minimum Gasteiger partial charge on any atom is -0.313 e. The lowest BCUT2D eigenvalue weighted by Crippen LogP contribution is -2.39. The molecule has 0 radical (unpaired) electrons. The highest BCUT2D eigenvalue weighted by atomic mass is 35.5. The van der Waals surface area contributed by atoms with E-state index in [2.05, 4.69) is 10.0 Å². The van der Waals surface area contributed by atoms with Crippen molar-refractivity contribution in [1.29, 1.82) is 0 Å². The number of halogens is 4. The van der Waals surface area contributed by atoms with Crippen molar-refractivity contribution in [2.45, 2.75) is 31.8 Å². The van der Waals surface area contributed by atoms with Crippen LogP contribution in [0.1, 0.15) is 25.0 Å². The fourth-order valence-corrected chi connectivity index (χ4v) is 3.12. The molecule has 2 N–H and O–H groups in total. The highest BCUT2D eigenvalue weighted by molar-refractivity contribution is 7.88.